The van der Waals surface area contributed by atoms with Gasteiger partial charge in [-0.15, -0.1) is 0 Å². The summed E-state index contributed by atoms with van der Waals surface area (Å²) in [4.78, 5) is 37.8. The van der Waals surface area contributed by atoms with Gasteiger partial charge < -0.3 is 20.7 Å². The Labute approximate surface area is 152 Å². The van der Waals surface area contributed by atoms with Gasteiger partial charge in [0.15, 0.2) is 0 Å². The molecule has 0 bridgehead atoms. The molecule has 0 aromatic heterocycles. The third kappa shape index (κ3) is 3.62. The first-order valence-corrected chi connectivity index (χ1v) is 8.74. The van der Waals surface area contributed by atoms with Crippen molar-refractivity contribution in [3.8, 4) is 0 Å². The molecule has 3 amide bonds. The fourth-order valence-corrected chi connectivity index (χ4v) is 3.45. The number of methoxy groups -OCH3 is 1. The molecule has 1 fully saturated rings. The zero-order valence-electron chi connectivity index (χ0n) is 14.8. The van der Waals surface area contributed by atoms with Gasteiger partial charge in [0.1, 0.15) is 6.04 Å². The Kier molecular flexibility index (Phi) is 5.65. The summed E-state index contributed by atoms with van der Waals surface area (Å²) in [6.07, 6.45) is 0.556. The zero-order valence-corrected chi connectivity index (χ0v) is 14.8. The Balaban J connectivity index is 1.71. The van der Waals surface area contributed by atoms with Crippen LogP contribution in [0.5, 0.6) is 0 Å². The maximum atomic E-state index is 12.8. The van der Waals surface area contributed by atoms with E-state index >= 15 is 0 Å². The number of imide groups is 1. The van der Waals surface area contributed by atoms with Gasteiger partial charge in [-0.25, -0.2) is 0 Å². The summed E-state index contributed by atoms with van der Waals surface area (Å²) in [7, 11) is 1.62. The van der Waals surface area contributed by atoms with Crippen LogP contribution in [0.1, 0.15) is 34.3 Å². The molecule has 2 unspecified atom stereocenters. The molecule has 1 aromatic carbocycles. The number of piperidine rings is 1. The monoisotopic (exact) mass is 360 g/mol. The SMILES string of the molecule is COC(CN)CNCc1cccc2c1CN(C1CCC(=O)NC1=O)C2=O. The Morgan fingerprint density at radius 1 is 1.38 bits per heavy atom. The van der Waals surface area contributed by atoms with Crippen LogP contribution < -0.4 is 16.4 Å². The molecule has 2 aliphatic heterocycles. The topological polar surface area (TPSA) is 114 Å². The van der Waals surface area contributed by atoms with Crippen LogP contribution in [0.25, 0.3) is 0 Å². The highest BCUT2D eigenvalue weighted by Crippen LogP contribution is 2.29. The van der Waals surface area contributed by atoms with E-state index in [1.807, 2.05) is 12.1 Å². The molecule has 2 heterocycles. The van der Waals surface area contributed by atoms with Crippen LogP contribution in [0, 0.1) is 0 Å². The highest BCUT2D eigenvalue weighted by atomic mass is 16.5. The van der Waals surface area contributed by atoms with E-state index in [2.05, 4.69) is 10.6 Å². The first-order chi connectivity index (χ1) is 12.5. The summed E-state index contributed by atoms with van der Waals surface area (Å²) in [6, 6.07) is 5.00. The predicted octanol–water partition coefficient (Wildman–Crippen LogP) is -0.489. The molecule has 8 nitrogen and oxygen atoms in total. The van der Waals surface area contributed by atoms with Crippen molar-refractivity contribution in [2.75, 3.05) is 20.2 Å². The molecule has 2 aliphatic rings. The molecule has 0 radical (unpaired) electrons. The van der Waals surface area contributed by atoms with Gasteiger partial charge in [-0.1, -0.05) is 12.1 Å². The average Bonchev–Trinajstić information content (AvgIpc) is 2.96. The summed E-state index contributed by atoms with van der Waals surface area (Å²) in [5.41, 5.74) is 8.18. The van der Waals surface area contributed by atoms with Gasteiger partial charge in [0.05, 0.1) is 6.10 Å². The lowest BCUT2D eigenvalue weighted by molar-refractivity contribution is -0.136. The van der Waals surface area contributed by atoms with E-state index in [-0.39, 0.29) is 24.3 Å². The maximum absolute atomic E-state index is 12.8. The number of nitrogens with one attached hydrogen (secondary N) is 2. The van der Waals surface area contributed by atoms with Gasteiger partial charge in [-0.3, -0.25) is 19.7 Å². The number of ether oxygens (including phenoxy) is 1. The van der Waals surface area contributed by atoms with Crippen LogP contribution in [-0.4, -0.2) is 55.0 Å². The summed E-state index contributed by atoms with van der Waals surface area (Å²) in [6.45, 7) is 2.00. The van der Waals surface area contributed by atoms with E-state index < -0.39 is 11.9 Å². The zero-order chi connectivity index (χ0) is 18.7. The van der Waals surface area contributed by atoms with Crippen molar-refractivity contribution in [1.82, 2.24) is 15.5 Å². The summed E-state index contributed by atoms with van der Waals surface area (Å²) in [5.74, 6) is -0.839. The molecular weight excluding hydrogens is 336 g/mol. The van der Waals surface area contributed by atoms with Crippen LogP contribution >= 0.6 is 0 Å². The van der Waals surface area contributed by atoms with Gasteiger partial charge in [-0.05, 0) is 23.6 Å². The number of hydrogen-bond acceptors (Lipinski definition) is 6. The quantitative estimate of drug-likeness (QED) is 0.566. The lowest BCUT2D eigenvalue weighted by Gasteiger charge is -2.29. The van der Waals surface area contributed by atoms with Crippen LogP contribution in [-0.2, 0) is 27.4 Å². The molecule has 8 heteroatoms. The summed E-state index contributed by atoms with van der Waals surface area (Å²) >= 11 is 0. The van der Waals surface area contributed by atoms with Crippen molar-refractivity contribution < 1.29 is 19.1 Å². The molecule has 0 aliphatic carbocycles. The number of nitrogens with zero attached hydrogens (tertiary/aromatic N) is 1. The average molecular weight is 360 g/mol. The van der Waals surface area contributed by atoms with Crippen molar-refractivity contribution in [2.24, 2.45) is 5.73 Å². The first kappa shape index (κ1) is 18.5. The number of carbonyl (C=O) groups excluding carboxylic acids is 3. The van der Waals surface area contributed by atoms with Crippen LogP contribution in [0.3, 0.4) is 0 Å². The largest absolute Gasteiger partial charge is 0.379 e. The summed E-state index contributed by atoms with van der Waals surface area (Å²) < 4.78 is 5.24. The fourth-order valence-electron chi connectivity index (χ4n) is 3.45. The number of nitrogens with two attached hydrogens (primary N) is 1. The van der Waals surface area contributed by atoms with E-state index in [1.54, 1.807) is 18.1 Å². The minimum absolute atomic E-state index is 0.0617. The lowest BCUT2D eigenvalue weighted by Crippen LogP contribution is -2.52. The second-order valence-electron chi connectivity index (χ2n) is 6.57. The summed E-state index contributed by atoms with van der Waals surface area (Å²) in [5, 5.41) is 5.62. The standard InChI is InChI=1S/C18H24N4O4/c1-26-12(7-19)9-20-8-11-3-2-4-13-14(11)10-22(18(13)25)15-5-6-16(23)21-17(15)24/h2-4,12,15,20H,5-10,19H2,1H3,(H,21,23,24). The first-order valence-electron chi connectivity index (χ1n) is 8.74. The molecule has 26 heavy (non-hydrogen) atoms. The lowest BCUT2D eigenvalue weighted by atomic mass is 10.0. The van der Waals surface area contributed by atoms with E-state index in [0.29, 0.717) is 38.2 Å². The third-order valence-electron chi connectivity index (χ3n) is 4.96. The number of amides is 3. The van der Waals surface area contributed by atoms with Gasteiger partial charge >= 0.3 is 0 Å². The predicted molar refractivity (Wildman–Crippen MR) is 94.0 cm³/mol. The number of hydrogen-bond donors (Lipinski definition) is 3. The van der Waals surface area contributed by atoms with E-state index in [9.17, 15) is 14.4 Å². The molecule has 2 atom stereocenters. The highest BCUT2D eigenvalue weighted by molar-refractivity contribution is 6.05. The number of carbonyl (C=O) groups is 3. The Bertz CT molecular complexity index is 717. The van der Waals surface area contributed by atoms with Crippen molar-refractivity contribution in [2.45, 2.75) is 38.1 Å². The third-order valence-corrected chi connectivity index (χ3v) is 4.96. The molecule has 4 N–H and O–H groups in total. The second-order valence-corrected chi connectivity index (χ2v) is 6.57. The fraction of sp³-hybridized carbons (Fsp3) is 0.500. The van der Waals surface area contributed by atoms with Gasteiger partial charge in [-0.2, -0.15) is 0 Å². The van der Waals surface area contributed by atoms with Crippen molar-refractivity contribution in [3.05, 3.63) is 34.9 Å². The van der Waals surface area contributed by atoms with Gasteiger partial charge in [0.2, 0.25) is 11.8 Å². The van der Waals surface area contributed by atoms with Gasteiger partial charge in [0.25, 0.3) is 5.91 Å². The number of fused-ring (bicyclic) bond motifs is 1. The van der Waals surface area contributed by atoms with E-state index in [4.69, 9.17) is 10.5 Å². The van der Waals surface area contributed by atoms with E-state index in [0.717, 1.165) is 11.1 Å². The minimum Gasteiger partial charge on any atom is -0.379 e. The highest BCUT2D eigenvalue weighted by Gasteiger charge is 2.39. The minimum atomic E-state index is -0.594. The molecule has 140 valence electrons. The number of benzene rings is 1. The van der Waals surface area contributed by atoms with E-state index in [1.165, 1.54) is 0 Å². The normalized spacial score (nSPS) is 20.9. The van der Waals surface area contributed by atoms with Crippen molar-refractivity contribution >= 4 is 17.7 Å². The number of rotatable bonds is 7. The Hall–Kier alpha value is -2.29. The molecule has 3 rings (SSSR count). The maximum Gasteiger partial charge on any atom is 0.255 e. The molecule has 0 spiro atoms. The smallest absolute Gasteiger partial charge is 0.255 e. The van der Waals surface area contributed by atoms with Crippen molar-refractivity contribution in [1.29, 1.82) is 0 Å². The molecule has 0 saturated carbocycles. The molecule has 1 aromatic rings. The van der Waals surface area contributed by atoms with Crippen LogP contribution in [0.4, 0.5) is 0 Å². The van der Waals surface area contributed by atoms with Crippen molar-refractivity contribution in [3.63, 3.8) is 0 Å². The molecular formula is C18H24N4O4. The Morgan fingerprint density at radius 3 is 2.88 bits per heavy atom. The van der Waals surface area contributed by atoms with Gasteiger partial charge in [0, 0.05) is 45.3 Å². The van der Waals surface area contributed by atoms with Crippen LogP contribution in [0.2, 0.25) is 0 Å². The van der Waals surface area contributed by atoms with Crippen LogP contribution in [0.15, 0.2) is 18.2 Å². The second kappa shape index (κ2) is 7.94. The Morgan fingerprint density at radius 2 is 2.19 bits per heavy atom. The molecule has 1 saturated heterocycles.